The van der Waals surface area contributed by atoms with E-state index in [4.69, 9.17) is 9.26 Å². The van der Waals surface area contributed by atoms with Crippen LogP contribution in [-0.2, 0) is 0 Å². The van der Waals surface area contributed by atoms with Gasteiger partial charge in [0.05, 0.1) is 7.11 Å². The molecule has 0 amide bonds. The van der Waals surface area contributed by atoms with Gasteiger partial charge in [-0.3, -0.25) is 0 Å². The molecule has 4 nitrogen and oxygen atoms in total. The Bertz CT molecular complexity index is 398. The van der Waals surface area contributed by atoms with Crippen molar-refractivity contribution >= 4 is 11.5 Å². The van der Waals surface area contributed by atoms with E-state index in [1.165, 1.54) is 6.26 Å². The van der Waals surface area contributed by atoms with Crippen LogP contribution in [0.25, 0.3) is 0 Å². The van der Waals surface area contributed by atoms with Crippen molar-refractivity contribution in [1.82, 2.24) is 5.16 Å². The summed E-state index contributed by atoms with van der Waals surface area (Å²) in [4.78, 5) is 0. The van der Waals surface area contributed by atoms with Gasteiger partial charge in [-0.1, -0.05) is 11.2 Å². The van der Waals surface area contributed by atoms with Crippen molar-refractivity contribution in [3.05, 3.63) is 36.6 Å². The highest BCUT2D eigenvalue weighted by Gasteiger charge is 1.98. The first-order valence-electron chi connectivity index (χ1n) is 4.20. The zero-order chi connectivity index (χ0) is 9.80. The van der Waals surface area contributed by atoms with Gasteiger partial charge in [-0.15, -0.1) is 0 Å². The molecule has 1 N–H and O–H groups in total. The maximum absolute atomic E-state index is 5.09. The monoisotopic (exact) mass is 190 g/mol. The summed E-state index contributed by atoms with van der Waals surface area (Å²) in [5.41, 5.74) is 0.915. The summed E-state index contributed by atoms with van der Waals surface area (Å²) in [6, 6.07) is 9.35. The normalized spacial score (nSPS) is 9.79. The second-order valence-electron chi connectivity index (χ2n) is 2.74. The second-order valence-corrected chi connectivity index (χ2v) is 2.74. The van der Waals surface area contributed by atoms with Crippen molar-refractivity contribution in [2.75, 3.05) is 12.4 Å². The van der Waals surface area contributed by atoms with Crippen LogP contribution >= 0.6 is 0 Å². The van der Waals surface area contributed by atoms with Crippen molar-refractivity contribution in [2.45, 2.75) is 0 Å². The Morgan fingerprint density at radius 3 is 3.00 bits per heavy atom. The van der Waals surface area contributed by atoms with Gasteiger partial charge < -0.3 is 14.6 Å². The van der Waals surface area contributed by atoms with Crippen molar-refractivity contribution in [3.8, 4) is 5.75 Å². The molecule has 0 aliphatic heterocycles. The number of ether oxygens (including phenoxy) is 1. The Labute approximate surface area is 81.5 Å². The second kappa shape index (κ2) is 3.83. The Hall–Kier alpha value is -1.97. The summed E-state index contributed by atoms with van der Waals surface area (Å²) in [7, 11) is 1.63. The molecule has 0 unspecified atom stereocenters. The van der Waals surface area contributed by atoms with E-state index in [0.717, 1.165) is 11.4 Å². The van der Waals surface area contributed by atoms with Gasteiger partial charge in [-0.25, -0.2) is 0 Å². The molecule has 2 aromatic rings. The van der Waals surface area contributed by atoms with Crippen molar-refractivity contribution < 1.29 is 9.26 Å². The Kier molecular flexibility index (Phi) is 2.36. The molecular formula is C10H10N2O2. The van der Waals surface area contributed by atoms with E-state index in [1.807, 2.05) is 24.3 Å². The van der Waals surface area contributed by atoms with Gasteiger partial charge in [0.15, 0.2) is 5.82 Å². The van der Waals surface area contributed by atoms with Gasteiger partial charge in [0.2, 0.25) is 0 Å². The van der Waals surface area contributed by atoms with Crippen LogP contribution in [0, 0.1) is 0 Å². The first-order chi connectivity index (χ1) is 6.88. The SMILES string of the molecule is COc1cccc(Nc2ccon2)c1. The van der Waals surface area contributed by atoms with Crippen LogP contribution in [0.3, 0.4) is 0 Å². The number of aromatic nitrogens is 1. The molecule has 2 rings (SSSR count). The number of benzene rings is 1. The summed E-state index contributed by atoms with van der Waals surface area (Å²) in [5.74, 6) is 1.48. The molecule has 0 fully saturated rings. The molecule has 0 radical (unpaired) electrons. The first kappa shape index (κ1) is 8.62. The van der Waals surface area contributed by atoms with Crippen molar-refractivity contribution in [1.29, 1.82) is 0 Å². The smallest absolute Gasteiger partial charge is 0.173 e. The van der Waals surface area contributed by atoms with Gasteiger partial charge in [0, 0.05) is 17.8 Å². The molecule has 1 heterocycles. The van der Waals surface area contributed by atoms with E-state index in [1.54, 1.807) is 13.2 Å². The van der Waals surface area contributed by atoms with Gasteiger partial charge in [0.25, 0.3) is 0 Å². The number of anilines is 2. The summed E-state index contributed by atoms with van der Waals surface area (Å²) in [6.07, 6.45) is 1.52. The highest BCUT2D eigenvalue weighted by atomic mass is 16.5. The van der Waals surface area contributed by atoms with Crippen LogP contribution in [0.15, 0.2) is 41.1 Å². The topological polar surface area (TPSA) is 47.3 Å². The van der Waals surface area contributed by atoms with E-state index >= 15 is 0 Å². The first-order valence-corrected chi connectivity index (χ1v) is 4.20. The largest absolute Gasteiger partial charge is 0.497 e. The van der Waals surface area contributed by atoms with Crippen molar-refractivity contribution in [2.24, 2.45) is 0 Å². The van der Waals surface area contributed by atoms with Crippen LogP contribution in [0.2, 0.25) is 0 Å². The lowest BCUT2D eigenvalue weighted by Crippen LogP contribution is -1.90. The minimum absolute atomic E-state index is 0.679. The summed E-state index contributed by atoms with van der Waals surface area (Å²) in [5, 5.41) is 6.81. The molecule has 0 aliphatic rings. The molecule has 4 heteroatoms. The molecule has 0 aliphatic carbocycles. The third-order valence-corrected chi connectivity index (χ3v) is 1.78. The Balaban J connectivity index is 2.17. The van der Waals surface area contributed by atoms with Gasteiger partial charge in [0.1, 0.15) is 12.0 Å². The molecule has 0 saturated heterocycles. The molecule has 0 saturated carbocycles. The average Bonchev–Trinajstić information content (AvgIpc) is 2.71. The molecule has 1 aromatic heterocycles. The van der Waals surface area contributed by atoms with E-state index in [2.05, 4.69) is 10.5 Å². The lowest BCUT2D eigenvalue weighted by Gasteiger charge is -2.04. The number of nitrogens with zero attached hydrogens (tertiary/aromatic N) is 1. The van der Waals surface area contributed by atoms with Gasteiger partial charge >= 0.3 is 0 Å². The fourth-order valence-corrected chi connectivity index (χ4v) is 1.13. The zero-order valence-corrected chi connectivity index (χ0v) is 7.73. The predicted octanol–water partition coefficient (Wildman–Crippen LogP) is 2.43. The van der Waals surface area contributed by atoms with Crippen LogP contribution in [0.5, 0.6) is 5.75 Å². The molecule has 72 valence electrons. The highest BCUT2D eigenvalue weighted by molar-refractivity contribution is 5.57. The van der Waals surface area contributed by atoms with E-state index in [9.17, 15) is 0 Å². The number of methoxy groups -OCH3 is 1. The molecule has 0 atom stereocenters. The number of hydrogen-bond acceptors (Lipinski definition) is 4. The number of hydrogen-bond donors (Lipinski definition) is 1. The zero-order valence-electron chi connectivity index (χ0n) is 7.73. The molecular weight excluding hydrogens is 180 g/mol. The standard InChI is InChI=1S/C10H10N2O2/c1-13-9-4-2-3-8(7-9)11-10-5-6-14-12-10/h2-7H,1H3,(H,11,12). The number of nitrogens with one attached hydrogen (secondary N) is 1. The third-order valence-electron chi connectivity index (χ3n) is 1.78. The number of rotatable bonds is 3. The van der Waals surface area contributed by atoms with E-state index < -0.39 is 0 Å². The van der Waals surface area contributed by atoms with Crippen LogP contribution in [0.1, 0.15) is 0 Å². The van der Waals surface area contributed by atoms with Crippen molar-refractivity contribution in [3.63, 3.8) is 0 Å². The molecule has 1 aromatic carbocycles. The lowest BCUT2D eigenvalue weighted by atomic mass is 10.3. The Morgan fingerprint density at radius 2 is 2.29 bits per heavy atom. The fourth-order valence-electron chi connectivity index (χ4n) is 1.13. The summed E-state index contributed by atoms with van der Waals surface area (Å²) < 4.78 is 9.79. The average molecular weight is 190 g/mol. The minimum atomic E-state index is 0.679. The quantitative estimate of drug-likeness (QED) is 0.807. The van der Waals surface area contributed by atoms with Crippen LogP contribution < -0.4 is 10.1 Å². The minimum Gasteiger partial charge on any atom is -0.497 e. The third kappa shape index (κ3) is 1.85. The maximum atomic E-state index is 5.09. The molecule has 14 heavy (non-hydrogen) atoms. The predicted molar refractivity (Wildman–Crippen MR) is 52.8 cm³/mol. The highest BCUT2D eigenvalue weighted by Crippen LogP contribution is 2.19. The molecule has 0 bridgehead atoms. The summed E-state index contributed by atoms with van der Waals surface area (Å²) >= 11 is 0. The van der Waals surface area contributed by atoms with Gasteiger partial charge in [-0.2, -0.15) is 0 Å². The summed E-state index contributed by atoms with van der Waals surface area (Å²) in [6.45, 7) is 0. The van der Waals surface area contributed by atoms with E-state index in [-0.39, 0.29) is 0 Å². The maximum Gasteiger partial charge on any atom is 0.173 e. The van der Waals surface area contributed by atoms with E-state index in [0.29, 0.717) is 5.82 Å². The fraction of sp³-hybridized carbons (Fsp3) is 0.100. The van der Waals surface area contributed by atoms with Gasteiger partial charge in [-0.05, 0) is 12.1 Å². The van der Waals surface area contributed by atoms with Crippen LogP contribution in [-0.4, -0.2) is 12.3 Å². The van der Waals surface area contributed by atoms with Crippen LogP contribution in [0.4, 0.5) is 11.5 Å². The Morgan fingerprint density at radius 1 is 1.36 bits per heavy atom. The lowest BCUT2D eigenvalue weighted by molar-refractivity contribution is 0.415. The molecule has 0 spiro atoms.